The lowest BCUT2D eigenvalue weighted by Crippen LogP contribution is -2.44. The third-order valence-corrected chi connectivity index (χ3v) is 5.32. The number of nitrogens with one attached hydrogen (secondary N) is 3. The summed E-state index contributed by atoms with van der Waals surface area (Å²) in [5, 5.41) is 22.3. The minimum atomic E-state index is -0.431. The summed E-state index contributed by atoms with van der Waals surface area (Å²) in [5.41, 5.74) is 1.12. The number of amides is 2. The fourth-order valence-corrected chi connectivity index (χ4v) is 3.48. The number of nitrogens with zero attached hydrogens (tertiary/aromatic N) is 3. The topological polar surface area (TPSA) is 122 Å². The molecule has 30 heavy (non-hydrogen) atoms. The number of aromatic nitrogens is 1. The fraction of sp³-hybridized carbons (Fsp3) is 0.250. The van der Waals surface area contributed by atoms with Crippen LogP contribution in [0.3, 0.4) is 0 Å². The van der Waals surface area contributed by atoms with E-state index in [0.717, 1.165) is 0 Å². The van der Waals surface area contributed by atoms with Gasteiger partial charge in [0, 0.05) is 36.6 Å². The molecule has 1 saturated heterocycles. The second kappa shape index (κ2) is 9.45. The van der Waals surface area contributed by atoms with E-state index in [1.54, 1.807) is 11.0 Å². The maximum absolute atomic E-state index is 13.3. The predicted molar refractivity (Wildman–Crippen MR) is 113 cm³/mol. The number of amidine groups is 1. The minimum absolute atomic E-state index is 0.205. The molecule has 0 spiro atoms. The van der Waals surface area contributed by atoms with Gasteiger partial charge in [-0.2, -0.15) is 5.26 Å². The molecule has 2 heterocycles. The van der Waals surface area contributed by atoms with Crippen LogP contribution >= 0.6 is 15.9 Å². The van der Waals surface area contributed by atoms with Crippen molar-refractivity contribution < 1.29 is 14.0 Å². The summed E-state index contributed by atoms with van der Waals surface area (Å²) in [6, 6.07) is 8.82. The molecule has 0 bridgehead atoms. The normalized spacial score (nSPS) is 14.0. The number of nitriles is 1. The molecule has 1 aromatic carbocycles. The number of anilines is 2. The zero-order chi connectivity index (χ0) is 21.7. The van der Waals surface area contributed by atoms with Gasteiger partial charge in [-0.15, -0.1) is 0 Å². The number of hydrogen-bond donors (Lipinski definition) is 3. The molecular weight excluding hydrogens is 455 g/mol. The minimum Gasteiger partial charge on any atom is -0.338 e. The molecule has 1 aliphatic heterocycles. The lowest BCUT2D eigenvalue weighted by Gasteiger charge is -2.31. The van der Waals surface area contributed by atoms with Gasteiger partial charge in [0.15, 0.2) is 5.84 Å². The van der Waals surface area contributed by atoms with Crippen LogP contribution in [0.5, 0.6) is 0 Å². The first-order valence-corrected chi connectivity index (χ1v) is 9.93. The number of benzene rings is 1. The Bertz CT molecular complexity index is 1030. The van der Waals surface area contributed by atoms with Gasteiger partial charge in [-0.25, -0.2) is 14.2 Å². The first-order chi connectivity index (χ1) is 14.4. The smallest absolute Gasteiger partial charge is 0.321 e. The molecule has 0 radical (unpaired) electrons. The van der Waals surface area contributed by atoms with E-state index >= 15 is 0 Å². The van der Waals surface area contributed by atoms with Crippen molar-refractivity contribution in [3.63, 3.8) is 0 Å². The molecule has 154 valence electrons. The van der Waals surface area contributed by atoms with Crippen molar-refractivity contribution in [3.8, 4) is 6.07 Å². The van der Waals surface area contributed by atoms with Crippen LogP contribution in [0.2, 0.25) is 0 Å². The van der Waals surface area contributed by atoms with E-state index in [1.807, 2.05) is 6.07 Å². The Hall–Kier alpha value is -3.32. The molecule has 3 rings (SSSR count). The summed E-state index contributed by atoms with van der Waals surface area (Å²) >= 11 is 3.07. The largest absolute Gasteiger partial charge is 0.338 e. The number of rotatable bonds is 4. The molecule has 0 atom stereocenters. The highest BCUT2D eigenvalue weighted by molar-refractivity contribution is 9.10. The van der Waals surface area contributed by atoms with Crippen LogP contribution in [-0.2, 0) is 4.79 Å². The highest BCUT2D eigenvalue weighted by Crippen LogP contribution is 2.22. The molecule has 2 aromatic rings. The molecule has 0 unspecified atom stereocenters. The highest BCUT2D eigenvalue weighted by atomic mass is 79.9. The predicted octanol–water partition coefficient (Wildman–Crippen LogP) is 3.76. The van der Waals surface area contributed by atoms with E-state index in [-0.39, 0.29) is 33.7 Å². The number of halogens is 2. The number of piperidine rings is 1. The second-order valence-corrected chi connectivity index (χ2v) is 7.58. The second-order valence-electron chi connectivity index (χ2n) is 6.73. The van der Waals surface area contributed by atoms with Crippen LogP contribution in [0, 0.1) is 28.5 Å². The van der Waals surface area contributed by atoms with Gasteiger partial charge in [0.05, 0.1) is 4.47 Å². The highest BCUT2D eigenvalue weighted by Gasteiger charge is 2.29. The Morgan fingerprint density at radius 1 is 1.20 bits per heavy atom. The van der Waals surface area contributed by atoms with Crippen LogP contribution in [0.25, 0.3) is 0 Å². The summed E-state index contributed by atoms with van der Waals surface area (Å²) in [7, 11) is 0. The summed E-state index contributed by atoms with van der Waals surface area (Å²) < 4.78 is 13.6. The van der Waals surface area contributed by atoms with Crippen molar-refractivity contribution in [2.75, 3.05) is 23.7 Å². The van der Waals surface area contributed by atoms with Gasteiger partial charge in [0.1, 0.15) is 17.6 Å². The number of pyridine rings is 1. The lowest BCUT2D eigenvalue weighted by molar-refractivity contribution is -0.117. The van der Waals surface area contributed by atoms with Crippen LogP contribution < -0.4 is 10.6 Å². The summed E-state index contributed by atoms with van der Waals surface area (Å²) in [6.07, 6.45) is 2.31. The van der Waals surface area contributed by atoms with Crippen molar-refractivity contribution in [2.45, 2.75) is 12.8 Å². The molecule has 1 fully saturated rings. The summed E-state index contributed by atoms with van der Waals surface area (Å²) in [4.78, 5) is 30.4. The molecule has 2 amide bonds. The maximum Gasteiger partial charge on any atom is 0.321 e. The Morgan fingerprint density at radius 3 is 2.57 bits per heavy atom. The zero-order valence-corrected chi connectivity index (χ0v) is 17.4. The molecule has 3 N–H and O–H groups in total. The van der Waals surface area contributed by atoms with Crippen LogP contribution in [0.15, 0.2) is 41.0 Å². The first-order valence-electron chi connectivity index (χ1n) is 9.14. The Balaban J connectivity index is 1.52. The quantitative estimate of drug-likeness (QED) is 0.461. The SMILES string of the molecule is N#Cc1cc(NC(=O)N2CCC(C(=O)C(=N)Nc3ccc(F)c(Br)c3)CC2)ccn1. The van der Waals surface area contributed by atoms with Gasteiger partial charge in [0.25, 0.3) is 0 Å². The molecule has 0 saturated carbocycles. The molecule has 10 heteroatoms. The van der Waals surface area contributed by atoms with Crippen molar-refractivity contribution in [1.82, 2.24) is 9.88 Å². The van der Waals surface area contributed by atoms with Crippen LogP contribution in [0.1, 0.15) is 18.5 Å². The van der Waals surface area contributed by atoms with Crippen molar-refractivity contribution in [3.05, 3.63) is 52.5 Å². The van der Waals surface area contributed by atoms with Gasteiger partial charge < -0.3 is 15.5 Å². The Labute approximate surface area is 180 Å². The Kier molecular flexibility index (Phi) is 6.74. The number of likely N-dealkylation sites (tertiary alicyclic amines) is 1. The first kappa shape index (κ1) is 21.4. The number of hydrogen-bond acceptors (Lipinski definition) is 5. The van der Waals surface area contributed by atoms with Gasteiger partial charge in [-0.05, 0) is 59.1 Å². The molecule has 8 nitrogen and oxygen atoms in total. The van der Waals surface area contributed by atoms with Crippen molar-refractivity contribution in [2.24, 2.45) is 5.92 Å². The van der Waals surface area contributed by atoms with Crippen LogP contribution in [-0.4, -0.2) is 40.6 Å². The van der Waals surface area contributed by atoms with Crippen molar-refractivity contribution >= 4 is 45.0 Å². The Morgan fingerprint density at radius 2 is 1.90 bits per heavy atom. The van der Waals surface area contributed by atoms with E-state index in [0.29, 0.717) is 37.3 Å². The van der Waals surface area contributed by atoms with Gasteiger partial charge in [-0.3, -0.25) is 10.2 Å². The number of Topliss-reactive ketones (excluding diaryl/α,β-unsaturated/α-hetero) is 1. The van der Waals surface area contributed by atoms with E-state index < -0.39 is 5.82 Å². The third kappa shape index (κ3) is 5.18. The van der Waals surface area contributed by atoms with E-state index in [1.165, 1.54) is 30.5 Å². The van der Waals surface area contributed by atoms with E-state index in [4.69, 9.17) is 10.7 Å². The fourth-order valence-electron chi connectivity index (χ4n) is 3.10. The standard InChI is InChI=1S/C20H18BrFN6O2/c21-16-10-13(1-2-17(16)22)26-19(24)18(29)12-4-7-28(8-5-12)20(30)27-14-3-6-25-15(9-14)11-23/h1-3,6,9-10,12H,4-5,7-8H2,(H2,24,26)(H,25,27,30). The maximum atomic E-state index is 13.3. The van der Waals surface area contributed by atoms with Crippen LogP contribution in [0.4, 0.5) is 20.6 Å². The van der Waals surface area contributed by atoms with Gasteiger partial charge in [0.2, 0.25) is 5.78 Å². The van der Waals surface area contributed by atoms with Gasteiger partial charge in [-0.1, -0.05) is 0 Å². The average molecular weight is 473 g/mol. The van der Waals surface area contributed by atoms with E-state index in [9.17, 15) is 14.0 Å². The molecule has 1 aromatic heterocycles. The zero-order valence-electron chi connectivity index (χ0n) is 15.8. The number of ketones is 1. The average Bonchev–Trinajstić information content (AvgIpc) is 2.76. The number of urea groups is 1. The molecule has 0 aliphatic carbocycles. The third-order valence-electron chi connectivity index (χ3n) is 4.71. The van der Waals surface area contributed by atoms with E-state index in [2.05, 4.69) is 31.5 Å². The monoisotopic (exact) mass is 472 g/mol. The number of carbonyl (C=O) groups is 2. The van der Waals surface area contributed by atoms with Crippen molar-refractivity contribution in [1.29, 1.82) is 10.7 Å². The summed E-state index contributed by atoms with van der Waals surface area (Å²) in [5.74, 6) is -1.41. The molecular formula is C20H18BrFN6O2. The number of carbonyl (C=O) groups excluding carboxylic acids is 2. The van der Waals surface area contributed by atoms with Gasteiger partial charge >= 0.3 is 6.03 Å². The molecule has 1 aliphatic rings. The lowest BCUT2D eigenvalue weighted by atomic mass is 9.92. The summed E-state index contributed by atoms with van der Waals surface area (Å²) in [6.45, 7) is 0.738.